The molecule has 1 aliphatic heterocycles. The summed E-state index contributed by atoms with van der Waals surface area (Å²) in [4.78, 5) is 30.4. The molecule has 1 aromatic carbocycles. The molecule has 3 rings (SSSR count). The van der Waals surface area contributed by atoms with E-state index >= 15 is 0 Å². The third-order valence-corrected chi connectivity index (χ3v) is 4.05. The monoisotopic (exact) mass is 324 g/mol. The first-order valence-electron chi connectivity index (χ1n) is 6.10. The Kier molecular flexibility index (Phi) is 3.35. The number of H-pyrrole nitrogens is 1. The van der Waals surface area contributed by atoms with Crippen LogP contribution in [0.3, 0.4) is 0 Å². The highest BCUT2D eigenvalue weighted by Gasteiger charge is 2.30. The second-order valence-corrected chi connectivity index (χ2v) is 5.51. The molecule has 0 fully saturated rings. The number of amides is 1. The molecule has 1 aliphatic rings. The van der Waals surface area contributed by atoms with Crippen LogP contribution in [0.15, 0.2) is 23.0 Å². The third kappa shape index (κ3) is 2.48. The zero-order chi connectivity index (χ0) is 15.1. The summed E-state index contributed by atoms with van der Waals surface area (Å²) in [6.07, 6.45) is 0.125. The number of hydrogen-bond acceptors (Lipinski definition) is 4. The number of nitrogens with zero attached hydrogens (tertiary/aromatic N) is 1. The molecule has 2 heterocycles. The van der Waals surface area contributed by atoms with Crippen LogP contribution in [0.25, 0.3) is 0 Å². The number of nitrogens with two attached hydrogens (primary N) is 1. The van der Waals surface area contributed by atoms with E-state index in [1.165, 1.54) is 0 Å². The fraction of sp³-hybridized carbons (Fsp3) is 0.154. The van der Waals surface area contributed by atoms with Crippen LogP contribution in [0.5, 0.6) is 0 Å². The molecule has 8 heteroatoms. The van der Waals surface area contributed by atoms with Crippen LogP contribution in [-0.2, 0) is 4.79 Å². The van der Waals surface area contributed by atoms with E-state index in [2.05, 4.69) is 15.3 Å². The molecular formula is C13H10Cl2N4O2. The molecule has 0 aliphatic carbocycles. The smallest absolute Gasteiger partial charge is 0.258 e. The van der Waals surface area contributed by atoms with Gasteiger partial charge in [0, 0.05) is 12.3 Å². The number of halogens is 2. The highest BCUT2D eigenvalue weighted by molar-refractivity contribution is 6.42. The van der Waals surface area contributed by atoms with E-state index in [0.717, 1.165) is 5.56 Å². The van der Waals surface area contributed by atoms with Gasteiger partial charge in [-0.2, -0.15) is 4.98 Å². The fourth-order valence-electron chi connectivity index (χ4n) is 2.40. The summed E-state index contributed by atoms with van der Waals surface area (Å²) in [7, 11) is 0. The van der Waals surface area contributed by atoms with Crippen molar-refractivity contribution in [1.29, 1.82) is 0 Å². The van der Waals surface area contributed by atoms with Crippen molar-refractivity contribution in [2.45, 2.75) is 12.3 Å². The van der Waals surface area contributed by atoms with Gasteiger partial charge in [0.15, 0.2) is 0 Å². The average molecular weight is 325 g/mol. The summed E-state index contributed by atoms with van der Waals surface area (Å²) in [5.74, 6) is -0.547. The number of nitrogen functional groups attached to an aromatic ring is 1. The first-order chi connectivity index (χ1) is 9.95. The van der Waals surface area contributed by atoms with Crippen molar-refractivity contribution in [3.05, 3.63) is 49.7 Å². The number of anilines is 2. The summed E-state index contributed by atoms with van der Waals surface area (Å²) in [5.41, 5.74) is 6.20. The molecule has 0 radical (unpaired) electrons. The molecular weight excluding hydrogens is 315 g/mol. The first kappa shape index (κ1) is 13.9. The van der Waals surface area contributed by atoms with Crippen molar-refractivity contribution < 1.29 is 4.79 Å². The molecule has 0 spiro atoms. The van der Waals surface area contributed by atoms with Gasteiger partial charge in [-0.1, -0.05) is 29.3 Å². The maximum atomic E-state index is 12.1. The van der Waals surface area contributed by atoms with Gasteiger partial charge in [0.2, 0.25) is 11.9 Å². The molecule has 4 N–H and O–H groups in total. The lowest BCUT2D eigenvalue weighted by molar-refractivity contribution is -0.116. The Bertz CT molecular complexity index is 803. The Labute approximate surface area is 129 Å². The van der Waals surface area contributed by atoms with Gasteiger partial charge < -0.3 is 11.1 Å². The topological polar surface area (TPSA) is 101 Å². The lowest BCUT2D eigenvalue weighted by Gasteiger charge is -2.24. The van der Waals surface area contributed by atoms with Crippen molar-refractivity contribution in [3.63, 3.8) is 0 Å². The standard InChI is InChI=1S/C13H10Cl2N4O2/c14-7-2-1-5(3-8(7)15)6-4-9(20)17-11-10(6)12(21)19-13(16)18-11/h1-3,6H,4H2,(H4,16,17,18,19,20,21)/t6-/m0/s1. The van der Waals surface area contributed by atoms with E-state index in [4.69, 9.17) is 28.9 Å². The van der Waals surface area contributed by atoms with E-state index in [1.807, 2.05) is 0 Å². The third-order valence-electron chi connectivity index (χ3n) is 3.32. The van der Waals surface area contributed by atoms with E-state index < -0.39 is 5.92 Å². The van der Waals surface area contributed by atoms with Crippen molar-refractivity contribution >= 4 is 40.9 Å². The number of aromatic nitrogens is 2. The Hall–Kier alpha value is -2.05. The van der Waals surface area contributed by atoms with Gasteiger partial charge in [-0.15, -0.1) is 0 Å². The van der Waals surface area contributed by atoms with E-state index in [0.29, 0.717) is 15.6 Å². The van der Waals surface area contributed by atoms with Crippen molar-refractivity contribution in [3.8, 4) is 0 Å². The quantitative estimate of drug-likeness (QED) is 0.747. The van der Waals surface area contributed by atoms with Gasteiger partial charge in [0.1, 0.15) is 5.82 Å². The minimum atomic E-state index is -0.444. The second-order valence-electron chi connectivity index (χ2n) is 4.69. The van der Waals surface area contributed by atoms with Crippen LogP contribution in [0, 0.1) is 0 Å². The Morgan fingerprint density at radius 3 is 2.71 bits per heavy atom. The van der Waals surface area contributed by atoms with Crippen LogP contribution in [0.4, 0.5) is 11.8 Å². The van der Waals surface area contributed by atoms with Crippen LogP contribution in [0.2, 0.25) is 10.0 Å². The summed E-state index contributed by atoms with van der Waals surface area (Å²) < 4.78 is 0. The molecule has 0 saturated carbocycles. The normalized spacial score (nSPS) is 17.2. The SMILES string of the molecule is Nc1nc2c(c(=O)[nH]1)[C@H](c1ccc(Cl)c(Cl)c1)CC(=O)N2. The predicted octanol–water partition coefficient (Wildman–Crippen LogP) is 2.13. The summed E-state index contributed by atoms with van der Waals surface area (Å²) in [6.45, 7) is 0. The number of aromatic amines is 1. The zero-order valence-corrected chi connectivity index (χ0v) is 12.1. The Morgan fingerprint density at radius 1 is 1.24 bits per heavy atom. The fourth-order valence-corrected chi connectivity index (χ4v) is 2.71. The second kappa shape index (κ2) is 5.05. The van der Waals surface area contributed by atoms with Gasteiger partial charge >= 0.3 is 0 Å². The number of nitrogens with one attached hydrogen (secondary N) is 2. The van der Waals surface area contributed by atoms with E-state index in [9.17, 15) is 9.59 Å². The van der Waals surface area contributed by atoms with Gasteiger partial charge in [-0.25, -0.2) is 0 Å². The lowest BCUT2D eigenvalue weighted by atomic mass is 9.87. The number of fused-ring (bicyclic) bond motifs is 1. The summed E-state index contributed by atoms with van der Waals surface area (Å²) in [5, 5.41) is 3.33. The highest BCUT2D eigenvalue weighted by Crippen LogP contribution is 2.36. The van der Waals surface area contributed by atoms with Crippen LogP contribution >= 0.6 is 23.2 Å². The minimum Gasteiger partial charge on any atom is -0.369 e. The molecule has 0 saturated heterocycles. The Morgan fingerprint density at radius 2 is 2.00 bits per heavy atom. The van der Waals surface area contributed by atoms with Gasteiger partial charge in [0.05, 0.1) is 15.6 Å². The first-order valence-corrected chi connectivity index (χ1v) is 6.86. The molecule has 0 bridgehead atoms. The van der Waals surface area contributed by atoms with Crippen molar-refractivity contribution in [2.24, 2.45) is 0 Å². The molecule has 0 unspecified atom stereocenters. The number of rotatable bonds is 1. The van der Waals surface area contributed by atoms with Crippen molar-refractivity contribution in [1.82, 2.24) is 9.97 Å². The molecule has 6 nitrogen and oxygen atoms in total. The largest absolute Gasteiger partial charge is 0.369 e. The van der Waals surface area contributed by atoms with Crippen LogP contribution < -0.4 is 16.6 Å². The lowest BCUT2D eigenvalue weighted by Crippen LogP contribution is -2.31. The van der Waals surface area contributed by atoms with Crippen LogP contribution in [0.1, 0.15) is 23.5 Å². The predicted molar refractivity (Wildman–Crippen MR) is 80.8 cm³/mol. The number of hydrogen-bond donors (Lipinski definition) is 3. The Balaban J connectivity index is 2.19. The number of carbonyl (C=O) groups excluding carboxylic acids is 1. The molecule has 108 valence electrons. The zero-order valence-electron chi connectivity index (χ0n) is 10.6. The molecule has 2 aromatic rings. The average Bonchev–Trinajstić information content (AvgIpc) is 2.40. The number of carbonyl (C=O) groups is 1. The van der Waals surface area contributed by atoms with Gasteiger partial charge in [0.25, 0.3) is 5.56 Å². The number of benzene rings is 1. The summed E-state index contributed by atoms with van der Waals surface area (Å²) in [6, 6.07) is 5.01. The van der Waals surface area contributed by atoms with E-state index in [1.54, 1.807) is 18.2 Å². The van der Waals surface area contributed by atoms with Gasteiger partial charge in [-0.3, -0.25) is 14.6 Å². The van der Waals surface area contributed by atoms with Crippen LogP contribution in [-0.4, -0.2) is 15.9 Å². The summed E-state index contributed by atoms with van der Waals surface area (Å²) >= 11 is 11.9. The van der Waals surface area contributed by atoms with E-state index in [-0.39, 0.29) is 29.7 Å². The molecule has 1 aromatic heterocycles. The highest BCUT2D eigenvalue weighted by atomic mass is 35.5. The van der Waals surface area contributed by atoms with Gasteiger partial charge in [-0.05, 0) is 17.7 Å². The maximum absolute atomic E-state index is 12.1. The minimum absolute atomic E-state index is 0.0474. The molecule has 1 atom stereocenters. The maximum Gasteiger partial charge on any atom is 0.258 e. The molecule has 1 amide bonds. The molecule has 21 heavy (non-hydrogen) atoms. The van der Waals surface area contributed by atoms with Crippen molar-refractivity contribution in [2.75, 3.05) is 11.1 Å².